The highest BCUT2D eigenvalue weighted by atomic mass is 16.5. The van der Waals surface area contributed by atoms with E-state index >= 15 is 0 Å². The monoisotopic (exact) mass is 301 g/mol. The average molecular weight is 301 g/mol. The molecule has 22 heavy (non-hydrogen) atoms. The van der Waals surface area contributed by atoms with Crippen LogP contribution >= 0.6 is 0 Å². The van der Waals surface area contributed by atoms with Gasteiger partial charge in [0.25, 0.3) is 0 Å². The van der Waals surface area contributed by atoms with Crippen LogP contribution in [0.25, 0.3) is 0 Å². The quantitative estimate of drug-likeness (QED) is 0.834. The topological polar surface area (TPSA) is 45.7 Å². The fourth-order valence-electron chi connectivity index (χ4n) is 4.25. The van der Waals surface area contributed by atoms with Gasteiger partial charge in [0, 0.05) is 31.9 Å². The molecule has 3 saturated heterocycles. The third-order valence-electron chi connectivity index (χ3n) is 5.50. The van der Waals surface area contributed by atoms with E-state index in [1.54, 1.807) is 12.4 Å². The Balaban J connectivity index is 1.53. The maximum absolute atomic E-state index is 13.1. The van der Waals surface area contributed by atoms with Crippen molar-refractivity contribution in [3.8, 4) is 0 Å². The van der Waals surface area contributed by atoms with Gasteiger partial charge in [-0.2, -0.15) is 0 Å². The van der Waals surface area contributed by atoms with Crippen molar-refractivity contribution < 1.29 is 9.53 Å². The van der Waals surface area contributed by atoms with Gasteiger partial charge in [0.15, 0.2) is 0 Å². The molecule has 3 aliphatic heterocycles. The summed E-state index contributed by atoms with van der Waals surface area (Å²) in [6.07, 6.45) is 7.75. The molecule has 4 rings (SSSR count). The Morgan fingerprint density at radius 2 is 2.27 bits per heavy atom. The summed E-state index contributed by atoms with van der Waals surface area (Å²) in [4.78, 5) is 21.7. The molecule has 2 atom stereocenters. The van der Waals surface area contributed by atoms with Crippen LogP contribution < -0.4 is 4.90 Å². The van der Waals surface area contributed by atoms with E-state index < -0.39 is 0 Å². The first-order chi connectivity index (χ1) is 10.8. The summed E-state index contributed by atoms with van der Waals surface area (Å²) in [7, 11) is 0. The molecule has 0 aliphatic carbocycles. The van der Waals surface area contributed by atoms with Gasteiger partial charge in [0.1, 0.15) is 0 Å². The lowest BCUT2D eigenvalue weighted by atomic mass is 9.78. The van der Waals surface area contributed by atoms with Crippen LogP contribution in [0, 0.1) is 5.41 Å². The van der Waals surface area contributed by atoms with Crippen molar-refractivity contribution >= 4 is 11.6 Å². The number of nitrogens with zero attached hydrogens (tertiary/aromatic N) is 3. The van der Waals surface area contributed by atoms with Crippen LogP contribution in [0.4, 0.5) is 5.69 Å². The number of rotatable bonds is 2. The Bertz CT molecular complexity index is 544. The number of carbonyl (C=O) groups excluding carboxylic acids is 1. The van der Waals surface area contributed by atoms with Crippen molar-refractivity contribution in [1.82, 2.24) is 9.88 Å². The zero-order chi connectivity index (χ0) is 15.0. The molecular weight excluding hydrogens is 278 g/mol. The summed E-state index contributed by atoms with van der Waals surface area (Å²) < 4.78 is 5.53. The minimum atomic E-state index is -0.184. The molecule has 0 bridgehead atoms. The van der Waals surface area contributed by atoms with E-state index in [2.05, 4.69) is 9.88 Å². The van der Waals surface area contributed by atoms with Gasteiger partial charge in [0.05, 0.1) is 23.9 Å². The molecule has 4 heterocycles. The average Bonchev–Trinajstić information content (AvgIpc) is 3.19. The number of anilines is 1. The second-order valence-corrected chi connectivity index (χ2v) is 6.79. The van der Waals surface area contributed by atoms with Crippen LogP contribution in [0.1, 0.15) is 25.7 Å². The maximum atomic E-state index is 13.1. The van der Waals surface area contributed by atoms with Crippen LogP contribution in [-0.4, -0.2) is 54.7 Å². The summed E-state index contributed by atoms with van der Waals surface area (Å²) in [6.45, 7) is 4.52. The highest BCUT2D eigenvalue weighted by Crippen LogP contribution is 2.42. The second-order valence-electron chi connectivity index (χ2n) is 6.79. The normalized spacial score (nSPS) is 33.0. The van der Waals surface area contributed by atoms with Gasteiger partial charge in [-0.1, -0.05) is 0 Å². The van der Waals surface area contributed by atoms with E-state index in [0.29, 0.717) is 11.9 Å². The molecule has 5 heteroatoms. The Hall–Kier alpha value is -1.46. The van der Waals surface area contributed by atoms with Crippen molar-refractivity contribution in [1.29, 1.82) is 0 Å². The van der Waals surface area contributed by atoms with E-state index in [1.807, 2.05) is 17.0 Å². The molecule has 118 valence electrons. The number of amides is 1. The smallest absolute Gasteiger partial charge is 0.234 e. The van der Waals surface area contributed by atoms with Crippen molar-refractivity contribution in [3.63, 3.8) is 0 Å². The molecule has 0 radical (unpaired) electrons. The molecular formula is C17H23N3O2. The highest BCUT2D eigenvalue weighted by Gasteiger charge is 2.50. The fourth-order valence-corrected chi connectivity index (χ4v) is 4.25. The first-order valence-corrected chi connectivity index (χ1v) is 8.32. The van der Waals surface area contributed by atoms with Crippen molar-refractivity contribution in [3.05, 3.63) is 24.5 Å². The lowest BCUT2D eigenvalue weighted by molar-refractivity contribution is -0.129. The summed E-state index contributed by atoms with van der Waals surface area (Å²) >= 11 is 0. The van der Waals surface area contributed by atoms with Gasteiger partial charge in [-0.05, 0) is 44.4 Å². The molecule has 0 aromatic carbocycles. The zero-order valence-electron chi connectivity index (χ0n) is 12.9. The van der Waals surface area contributed by atoms with E-state index in [4.69, 9.17) is 4.74 Å². The Labute approximate surface area is 131 Å². The van der Waals surface area contributed by atoms with E-state index in [-0.39, 0.29) is 5.41 Å². The molecule has 5 nitrogen and oxygen atoms in total. The fraction of sp³-hybridized carbons (Fsp3) is 0.647. The number of carbonyl (C=O) groups is 1. The van der Waals surface area contributed by atoms with Gasteiger partial charge < -0.3 is 9.64 Å². The Morgan fingerprint density at radius 1 is 1.32 bits per heavy atom. The second kappa shape index (κ2) is 5.63. The van der Waals surface area contributed by atoms with E-state index in [9.17, 15) is 4.79 Å². The molecule has 0 unspecified atom stereocenters. The minimum absolute atomic E-state index is 0.184. The van der Waals surface area contributed by atoms with Gasteiger partial charge in [0.2, 0.25) is 5.91 Å². The Kier molecular flexibility index (Phi) is 3.62. The molecule has 0 saturated carbocycles. The third-order valence-corrected chi connectivity index (χ3v) is 5.50. The molecule has 1 aromatic heterocycles. The van der Waals surface area contributed by atoms with Crippen molar-refractivity contribution in [2.24, 2.45) is 5.41 Å². The van der Waals surface area contributed by atoms with Crippen LogP contribution in [0.5, 0.6) is 0 Å². The molecule has 3 aliphatic rings. The van der Waals surface area contributed by atoms with Gasteiger partial charge >= 0.3 is 0 Å². The third kappa shape index (κ3) is 2.32. The Morgan fingerprint density at radius 3 is 3.05 bits per heavy atom. The molecule has 1 amide bonds. The SMILES string of the molecule is O=C1N(c2cccnc2)CC[C@@]12CCCN([C@@H]1CCOC1)C2. The zero-order valence-corrected chi connectivity index (χ0v) is 12.9. The number of likely N-dealkylation sites (tertiary alicyclic amines) is 1. The van der Waals surface area contributed by atoms with Gasteiger partial charge in [-0.3, -0.25) is 14.7 Å². The first-order valence-electron chi connectivity index (χ1n) is 8.32. The van der Waals surface area contributed by atoms with Gasteiger partial charge in [-0.15, -0.1) is 0 Å². The molecule has 1 aromatic rings. The minimum Gasteiger partial charge on any atom is -0.380 e. The van der Waals surface area contributed by atoms with Crippen molar-refractivity contribution in [2.75, 3.05) is 37.7 Å². The number of piperidine rings is 1. The van der Waals surface area contributed by atoms with E-state index in [1.165, 1.54) is 0 Å². The predicted octanol–water partition coefficient (Wildman–Crippen LogP) is 1.69. The molecule has 3 fully saturated rings. The van der Waals surface area contributed by atoms with Crippen LogP contribution in [0.2, 0.25) is 0 Å². The van der Waals surface area contributed by atoms with Crippen LogP contribution in [0.15, 0.2) is 24.5 Å². The van der Waals surface area contributed by atoms with Gasteiger partial charge in [-0.25, -0.2) is 0 Å². The maximum Gasteiger partial charge on any atom is 0.234 e. The highest BCUT2D eigenvalue weighted by molar-refractivity contribution is 6.00. The summed E-state index contributed by atoms with van der Waals surface area (Å²) in [5.41, 5.74) is 0.752. The van der Waals surface area contributed by atoms with Crippen molar-refractivity contribution in [2.45, 2.75) is 31.7 Å². The lowest BCUT2D eigenvalue weighted by Crippen LogP contribution is -2.51. The molecule has 0 N–H and O–H groups in total. The number of pyridine rings is 1. The standard InChI is InChI=1S/C17H23N3O2/c21-16-17(6-9-20(16)14-3-1-7-18-11-14)5-2-8-19(13-17)15-4-10-22-12-15/h1,3,7,11,15H,2,4-6,8-10,12-13H2/t15-,17-/m1/s1. The number of hydrogen-bond donors (Lipinski definition) is 0. The number of hydrogen-bond acceptors (Lipinski definition) is 4. The summed E-state index contributed by atoms with van der Waals surface area (Å²) in [5, 5.41) is 0. The summed E-state index contributed by atoms with van der Waals surface area (Å²) in [6, 6.07) is 4.39. The van der Waals surface area contributed by atoms with Crippen LogP contribution in [0.3, 0.4) is 0 Å². The largest absolute Gasteiger partial charge is 0.380 e. The predicted molar refractivity (Wildman–Crippen MR) is 83.7 cm³/mol. The number of aromatic nitrogens is 1. The first kappa shape index (κ1) is 14.2. The van der Waals surface area contributed by atoms with E-state index in [0.717, 1.165) is 64.2 Å². The molecule has 1 spiro atoms. The van der Waals surface area contributed by atoms with Crippen LogP contribution in [-0.2, 0) is 9.53 Å². The summed E-state index contributed by atoms with van der Waals surface area (Å²) in [5.74, 6) is 0.295. The number of ether oxygens (including phenoxy) is 1. The lowest BCUT2D eigenvalue weighted by Gasteiger charge is -2.41.